The van der Waals surface area contributed by atoms with Crippen molar-refractivity contribution < 1.29 is 0 Å². The van der Waals surface area contributed by atoms with E-state index in [2.05, 4.69) is 168 Å². The van der Waals surface area contributed by atoms with Gasteiger partial charge in [-0.1, -0.05) is 84.6 Å². The zero-order valence-electron chi connectivity index (χ0n) is 25.1. The van der Waals surface area contributed by atoms with E-state index in [1.54, 1.807) is 0 Å². The molecule has 0 aliphatic carbocycles. The number of thiophene rings is 2. The molecule has 0 radical (unpaired) electrons. The summed E-state index contributed by atoms with van der Waals surface area (Å²) in [5.41, 5.74) is 7.03. The standard InChI is InChI=1S/C42H26N2S3/c1-2-10-27(11-3-1)43(28-20-23-39-34(24-28)32-13-5-8-16-38(32)45-39)29-19-22-36-42(26-29)47-40-17-9-6-14-35(40)44(36)30-18-21-33-31-12-4-7-15-37(31)46-41(33)25-30/h1-26H. The Balaban J connectivity index is 1.14. The van der Waals surface area contributed by atoms with Gasteiger partial charge in [0.15, 0.2) is 0 Å². The molecular formula is C42H26N2S3. The maximum atomic E-state index is 2.44. The van der Waals surface area contributed by atoms with Gasteiger partial charge in [0, 0.05) is 72.9 Å². The lowest BCUT2D eigenvalue weighted by Crippen LogP contribution is -2.16. The Morgan fingerprint density at radius 2 is 1.00 bits per heavy atom. The number of nitrogens with zero attached hydrogens (tertiary/aromatic N) is 2. The molecule has 0 N–H and O–H groups in total. The van der Waals surface area contributed by atoms with Crippen LogP contribution in [0.1, 0.15) is 0 Å². The third kappa shape index (κ3) is 4.39. The number of anilines is 6. The average Bonchev–Trinajstić information content (AvgIpc) is 3.69. The van der Waals surface area contributed by atoms with Crippen LogP contribution in [0.2, 0.25) is 0 Å². The molecule has 0 saturated carbocycles. The summed E-state index contributed by atoms with van der Waals surface area (Å²) >= 11 is 5.58. The molecule has 0 atom stereocenters. The lowest BCUT2D eigenvalue weighted by Gasteiger charge is -2.34. The minimum Gasteiger partial charge on any atom is -0.310 e. The van der Waals surface area contributed by atoms with Crippen LogP contribution in [-0.4, -0.2) is 0 Å². The fourth-order valence-electron chi connectivity index (χ4n) is 6.89. The minimum absolute atomic E-state index is 1.14. The third-order valence-electron chi connectivity index (χ3n) is 9.02. The lowest BCUT2D eigenvalue weighted by atomic mass is 10.1. The van der Waals surface area contributed by atoms with Crippen LogP contribution < -0.4 is 9.80 Å². The molecule has 9 aromatic rings. The SMILES string of the molecule is c1ccc(N(c2ccc3c(c2)Sc2ccccc2N3c2ccc3c(c2)sc2ccccc23)c2ccc3sc4ccccc4c3c2)cc1. The lowest BCUT2D eigenvalue weighted by molar-refractivity contribution is 1.16. The second kappa shape index (κ2) is 10.7. The van der Waals surface area contributed by atoms with Crippen LogP contribution in [0.25, 0.3) is 40.3 Å². The van der Waals surface area contributed by atoms with Gasteiger partial charge in [0.2, 0.25) is 0 Å². The molecule has 0 amide bonds. The Labute approximate surface area is 284 Å². The summed E-state index contributed by atoms with van der Waals surface area (Å²) in [5.74, 6) is 0. The molecule has 0 bridgehead atoms. The van der Waals surface area contributed by atoms with E-state index in [9.17, 15) is 0 Å². The molecule has 10 rings (SSSR count). The molecule has 0 spiro atoms. The van der Waals surface area contributed by atoms with Crippen LogP contribution in [0.3, 0.4) is 0 Å². The van der Waals surface area contributed by atoms with Gasteiger partial charge in [-0.05, 0) is 84.9 Å². The van der Waals surface area contributed by atoms with E-state index in [4.69, 9.17) is 0 Å². The van der Waals surface area contributed by atoms with Crippen LogP contribution in [-0.2, 0) is 0 Å². The molecule has 0 unspecified atom stereocenters. The van der Waals surface area contributed by atoms with Gasteiger partial charge in [0.1, 0.15) is 0 Å². The second-order valence-corrected chi connectivity index (χ2v) is 15.0. The fourth-order valence-corrected chi connectivity index (χ4v) is 10.2. The maximum Gasteiger partial charge on any atom is 0.0603 e. The number of rotatable bonds is 4. The third-order valence-corrected chi connectivity index (χ3v) is 12.4. The first-order valence-corrected chi connectivity index (χ1v) is 18.1. The molecule has 1 aliphatic rings. The van der Waals surface area contributed by atoms with E-state index in [1.807, 2.05) is 34.4 Å². The van der Waals surface area contributed by atoms with Gasteiger partial charge >= 0.3 is 0 Å². The number of benzene rings is 7. The molecule has 0 saturated heterocycles. The Morgan fingerprint density at radius 3 is 1.85 bits per heavy atom. The summed E-state index contributed by atoms with van der Waals surface area (Å²) < 4.78 is 5.27. The summed E-state index contributed by atoms with van der Waals surface area (Å²) in [6.45, 7) is 0. The Morgan fingerprint density at radius 1 is 0.383 bits per heavy atom. The van der Waals surface area contributed by atoms with Gasteiger partial charge in [0.05, 0.1) is 11.4 Å². The smallest absolute Gasteiger partial charge is 0.0603 e. The Kier molecular flexibility index (Phi) is 6.19. The van der Waals surface area contributed by atoms with E-state index in [1.165, 1.54) is 67.2 Å². The Hall–Kier alpha value is -5.07. The van der Waals surface area contributed by atoms with Crippen molar-refractivity contribution in [2.45, 2.75) is 9.79 Å². The van der Waals surface area contributed by atoms with E-state index >= 15 is 0 Å². The van der Waals surface area contributed by atoms with Crippen LogP contribution >= 0.6 is 34.4 Å². The van der Waals surface area contributed by atoms with E-state index in [-0.39, 0.29) is 0 Å². The minimum atomic E-state index is 1.14. The van der Waals surface area contributed by atoms with Crippen molar-refractivity contribution in [3.63, 3.8) is 0 Å². The summed E-state index contributed by atoms with van der Waals surface area (Å²) in [5, 5.41) is 5.26. The van der Waals surface area contributed by atoms with Crippen molar-refractivity contribution >= 4 is 109 Å². The maximum absolute atomic E-state index is 2.44. The number of hydrogen-bond donors (Lipinski definition) is 0. The van der Waals surface area contributed by atoms with Gasteiger partial charge in [-0.3, -0.25) is 0 Å². The first kappa shape index (κ1) is 27.1. The molecule has 7 aromatic carbocycles. The predicted octanol–water partition coefficient (Wildman–Crippen LogP) is 13.8. The number of fused-ring (bicyclic) bond motifs is 8. The zero-order chi connectivity index (χ0) is 30.9. The fraction of sp³-hybridized carbons (Fsp3) is 0. The second-order valence-electron chi connectivity index (χ2n) is 11.8. The monoisotopic (exact) mass is 654 g/mol. The highest BCUT2D eigenvalue weighted by Gasteiger charge is 2.27. The summed E-state index contributed by atoms with van der Waals surface area (Å²) in [4.78, 5) is 7.32. The summed E-state index contributed by atoms with van der Waals surface area (Å²) in [7, 11) is 0. The van der Waals surface area contributed by atoms with Gasteiger partial charge in [0.25, 0.3) is 0 Å². The van der Waals surface area contributed by atoms with Crippen LogP contribution in [0.15, 0.2) is 168 Å². The first-order valence-electron chi connectivity index (χ1n) is 15.7. The van der Waals surface area contributed by atoms with Crippen molar-refractivity contribution in [1.82, 2.24) is 0 Å². The molecule has 3 heterocycles. The average molecular weight is 655 g/mol. The molecule has 47 heavy (non-hydrogen) atoms. The quantitative estimate of drug-likeness (QED) is 0.186. The molecule has 2 aromatic heterocycles. The van der Waals surface area contributed by atoms with Gasteiger partial charge in [-0.2, -0.15) is 0 Å². The van der Waals surface area contributed by atoms with Crippen LogP contribution in [0, 0.1) is 0 Å². The molecule has 5 heteroatoms. The summed E-state index contributed by atoms with van der Waals surface area (Å²) in [6.07, 6.45) is 0. The molecule has 2 nitrogen and oxygen atoms in total. The molecule has 0 fully saturated rings. The van der Waals surface area contributed by atoms with E-state index in [0.717, 1.165) is 17.1 Å². The predicted molar refractivity (Wildman–Crippen MR) is 206 cm³/mol. The Bertz CT molecular complexity index is 2640. The van der Waals surface area contributed by atoms with Gasteiger partial charge in [-0.25, -0.2) is 0 Å². The summed E-state index contributed by atoms with van der Waals surface area (Å²) in [6, 6.07) is 57.7. The number of hydrogen-bond acceptors (Lipinski definition) is 5. The van der Waals surface area contributed by atoms with Crippen molar-refractivity contribution in [3.8, 4) is 0 Å². The zero-order valence-corrected chi connectivity index (χ0v) is 27.6. The van der Waals surface area contributed by atoms with E-state index in [0.29, 0.717) is 0 Å². The normalized spacial score (nSPS) is 12.6. The van der Waals surface area contributed by atoms with Crippen LogP contribution in [0.5, 0.6) is 0 Å². The highest BCUT2D eigenvalue weighted by Crippen LogP contribution is 2.53. The number of para-hydroxylation sites is 2. The van der Waals surface area contributed by atoms with Gasteiger partial charge in [-0.15, -0.1) is 22.7 Å². The van der Waals surface area contributed by atoms with Crippen molar-refractivity contribution in [2.75, 3.05) is 9.80 Å². The molecule has 1 aliphatic heterocycles. The van der Waals surface area contributed by atoms with Crippen LogP contribution in [0.4, 0.5) is 34.1 Å². The molecule has 222 valence electrons. The van der Waals surface area contributed by atoms with Crippen molar-refractivity contribution in [1.29, 1.82) is 0 Å². The highest BCUT2D eigenvalue weighted by atomic mass is 32.2. The first-order chi connectivity index (χ1) is 23.3. The van der Waals surface area contributed by atoms with E-state index < -0.39 is 0 Å². The van der Waals surface area contributed by atoms with Crippen molar-refractivity contribution in [2.24, 2.45) is 0 Å². The topological polar surface area (TPSA) is 6.48 Å². The van der Waals surface area contributed by atoms with Crippen molar-refractivity contribution in [3.05, 3.63) is 158 Å². The largest absolute Gasteiger partial charge is 0.310 e. The van der Waals surface area contributed by atoms with Gasteiger partial charge < -0.3 is 9.80 Å². The molecular weight excluding hydrogens is 629 g/mol. The highest BCUT2D eigenvalue weighted by molar-refractivity contribution is 7.99.